The van der Waals surface area contributed by atoms with Crippen molar-refractivity contribution in [2.45, 2.75) is 39.2 Å². The van der Waals surface area contributed by atoms with E-state index in [0.29, 0.717) is 6.42 Å². The number of carbonyl (C=O) groups is 1. The average molecular weight is 436 g/mol. The number of rotatable bonds is 11. The molecular weight excluding hydrogens is 406 g/mol. The lowest BCUT2D eigenvalue weighted by atomic mass is 10.0. The largest absolute Gasteiger partial charge is 0.469 e. The van der Waals surface area contributed by atoms with Gasteiger partial charge in [-0.15, -0.1) is 16.9 Å². The van der Waals surface area contributed by atoms with Crippen LogP contribution in [0.15, 0.2) is 71.8 Å². The van der Waals surface area contributed by atoms with Crippen LogP contribution in [0.2, 0.25) is 0 Å². The van der Waals surface area contributed by atoms with Crippen LogP contribution in [-0.2, 0) is 28.9 Å². The van der Waals surface area contributed by atoms with Crippen molar-refractivity contribution >= 4 is 17.7 Å². The molecule has 0 fully saturated rings. The number of esters is 1. The number of allylic oxidation sites excluding steroid dienone is 1. The van der Waals surface area contributed by atoms with E-state index >= 15 is 0 Å². The SMILES string of the molecule is COC(=O)CCS/C=C(/C)CCn1cc(CCc2ccc(-c3ccccc3)cc2)nn1. The third kappa shape index (κ3) is 7.72. The molecule has 1 heterocycles. The Morgan fingerprint density at radius 3 is 2.52 bits per heavy atom. The van der Waals surface area contributed by atoms with Crippen LogP contribution in [0, 0.1) is 0 Å². The molecule has 0 saturated heterocycles. The minimum atomic E-state index is -0.166. The van der Waals surface area contributed by atoms with E-state index in [9.17, 15) is 4.79 Å². The van der Waals surface area contributed by atoms with Gasteiger partial charge in [0, 0.05) is 18.5 Å². The molecule has 3 rings (SSSR count). The number of thioether (sulfide) groups is 1. The van der Waals surface area contributed by atoms with Gasteiger partial charge in [0.2, 0.25) is 0 Å². The van der Waals surface area contributed by atoms with Crippen molar-refractivity contribution in [1.29, 1.82) is 0 Å². The van der Waals surface area contributed by atoms with Gasteiger partial charge in [0.05, 0.1) is 19.2 Å². The summed E-state index contributed by atoms with van der Waals surface area (Å²) in [6.45, 7) is 2.90. The van der Waals surface area contributed by atoms with E-state index in [1.165, 1.54) is 29.4 Å². The molecular formula is C25H29N3O2S. The van der Waals surface area contributed by atoms with Crippen LogP contribution < -0.4 is 0 Å². The molecule has 0 amide bonds. The minimum Gasteiger partial charge on any atom is -0.469 e. The van der Waals surface area contributed by atoms with E-state index in [1.54, 1.807) is 11.8 Å². The molecule has 0 N–H and O–H groups in total. The first-order valence-corrected chi connectivity index (χ1v) is 11.6. The fourth-order valence-electron chi connectivity index (χ4n) is 3.12. The second kappa shape index (κ2) is 12.1. The molecule has 0 aliphatic carbocycles. The standard InChI is InChI=1S/C25H29N3O2S/c1-20(19-31-17-15-25(29)30-2)14-16-28-18-24(26-27-28)13-10-21-8-11-23(12-9-21)22-6-4-3-5-7-22/h3-9,11-12,18-19H,10,13-17H2,1-2H3/b20-19-. The number of hydrogen-bond donors (Lipinski definition) is 0. The minimum absolute atomic E-state index is 0.166. The van der Waals surface area contributed by atoms with Gasteiger partial charge in [0.25, 0.3) is 0 Å². The quantitative estimate of drug-likeness (QED) is 0.301. The van der Waals surface area contributed by atoms with Crippen molar-refractivity contribution in [2.24, 2.45) is 0 Å². The number of aryl methyl sites for hydroxylation is 3. The smallest absolute Gasteiger partial charge is 0.306 e. The van der Waals surface area contributed by atoms with E-state index in [4.69, 9.17) is 0 Å². The van der Waals surface area contributed by atoms with Gasteiger partial charge < -0.3 is 4.74 Å². The summed E-state index contributed by atoms with van der Waals surface area (Å²) in [7, 11) is 1.42. The molecule has 0 unspecified atom stereocenters. The highest BCUT2D eigenvalue weighted by Gasteiger charge is 2.04. The Balaban J connectivity index is 1.41. The highest BCUT2D eigenvalue weighted by Crippen LogP contribution is 2.20. The molecule has 5 nitrogen and oxygen atoms in total. The van der Waals surface area contributed by atoms with Crippen molar-refractivity contribution in [3.8, 4) is 11.1 Å². The second-order valence-electron chi connectivity index (χ2n) is 7.45. The van der Waals surface area contributed by atoms with Crippen molar-refractivity contribution < 1.29 is 9.53 Å². The number of hydrogen-bond acceptors (Lipinski definition) is 5. The van der Waals surface area contributed by atoms with Crippen LogP contribution >= 0.6 is 11.8 Å². The molecule has 1 aromatic heterocycles. The third-order valence-corrected chi connectivity index (χ3v) is 6.00. The van der Waals surface area contributed by atoms with Gasteiger partial charge in [-0.25, -0.2) is 0 Å². The van der Waals surface area contributed by atoms with Gasteiger partial charge >= 0.3 is 5.97 Å². The van der Waals surface area contributed by atoms with E-state index in [-0.39, 0.29) is 5.97 Å². The molecule has 2 aromatic carbocycles. The van der Waals surface area contributed by atoms with Crippen LogP contribution in [0.5, 0.6) is 0 Å². The maximum absolute atomic E-state index is 11.1. The van der Waals surface area contributed by atoms with Gasteiger partial charge in [-0.2, -0.15) is 0 Å². The Labute approximate surface area is 188 Å². The van der Waals surface area contributed by atoms with Crippen LogP contribution in [0.4, 0.5) is 0 Å². The second-order valence-corrected chi connectivity index (χ2v) is 8.42. The summed E-state index contributed by atoms with van der Waals surface area (Å²) in [5.74, 6) is 0.574. The Hall–Kier alpha value is -2.86. The monoisotopic (exact) mass is 435 g/mol. The van der Waals surface area contributed by atoms with Crippen molar-refractivity contribution in [2.75, 3.05) is 12.9 Å². The summed E-state index contributed by atoms with van der Waals surface area (Å²) < 4.78 is 6.55. The molecule has 162 valence electrons. The summed E-state index contributed by atoms with van der Waals surface area (Å²) in [5, 5.41) is 10.7. The number of nitrogens with zero attached hydrogens (tertiary/aromatic N) is 3. The summed E-state index contributed by atoms with van der Waals surface area (Å²) in [6, 6.07) is 19.2. The fraction of sp³-hybridized carbons (Fsp3) is 0.320. The van der Waals surface area contributed by atoms with Gasteiger partial charge in [0.15, 0.2) is 0 Å². The molecule has 0 saturated carbocycles. The molecule has 6 heteroatoms. The van der Waals surface area contributed by atoms with Crippen molar-refractivity contribution in [1.82, 2.24) is 15.0 Å². The number of benzene rings is 2. The van der Waals surface area contributed by atoms with E-state index in [0.717, 1.165) is 37.3 Å². The van der Waals surface area contributed by atoms with Crippen LogP contribution in [-0.4, -0.2) is 33.8 Å². The summed E-state index contributed by atoms with van der Waals surface area (Å²) in [5.41, 5.74) is 6.06. The zero-order chi connectivity index (χ0) is 21.9. The highest BCUT2D eigenvalue weighted by molar-refractivity contribution is 8.02. The molecule has 0 aliphatic rings. The summed E-state index contributed by atoms with van der Waals surface area (Å²) in [4.78, 5) is 11.1. The predicted octanol–water partition coefficient (Wildman–Crippen LogP) is 5.32. The van der Waals surface area contributed by atoms with E-state index in [2.05, 4.69) is 75.9 Å². The average Bonchev–Trinajstić information content (AvgIpc) is 3.28. The Morgan fingerprint density at radius 2 is 1.77 bits per heavy atom. The third-order valence-electron chi connectivity index (χ3n) is 4.99. The van der Waals surface area contributed by atoms with Crippen LogP contribution in [0.3, 0.4) is 0 Å². The lowest BCUT2D eigenvalue weighted by molar-refractivity contribution is -0.140. The molecule has 0 atom stereocenters. The summed E-state index contributed by atoms with van der Waals surface area (Å²) >= 11 is 1.64. The van der Waals surface area contributed by atoms with Crippen LogP contribution in [0.1, 0.15) is 31.0 Å². The van der Waals surface area contributed by atoms with E-state index < -0.39 is 0 Å². The molecule has 3 aromatic rings. The first kappa shape index (κ1) is 22.8. The Kier molecular flexibility index (Phi) is 8.91. The number of carbonyl (C=O) groups excluding carboxylic acids is 1. The molecule has 31 heavy (non-hydrogen) atoms. The Morgan fingerprint density at radius 1 is 1.03 bits per heavy atom. The van der Waals surface area contributed by atoms with Gasteiger partial charge in [-0.1, -0.05) is 65.4 Å². The normalized spacial score (nSPS) is 11.5. The van der Waals surface area contributed by atoms with Gasteiger partial charge in [-0.05, 0) is 48.3 Å². The topological polar surface area (TPSA) is 57.0 Å². The number of methoxy groups -OCH3 is 1. The van der Waals surface area contributed by atoms with Gasteiger partial charge in [0.1, 0.15) is 0 Å². The maximum Gasteiger partial charge on any atom is 0.306 e. The molecule has 0 aliphatic heterocycles. The lowest BCUT2D eigenvalue weighted by Gasteiger charge is -2.04. The van der Waals surface area contributed by atoms with E-state index in [1.807, 2.05) is 16.9 Å². The fourth-order valence-corrected chi connectivity index (χ4v) is 3.93. The molecule has 0 bridgehead atoms. The van der Waals surface area contributed by atoms with Crippen molar-refractivity contribution in [3.05, 3.63) is 83.0 Å². The number of aromatic nitrogens is 3. The Bertz CT molecular complexity index is 982. The summed E-state index contributed by atoms with van der Waals surface area (Å²) in [6.07, 6.45) is 5.21. The van der Waals surface area contributed by atoms with Crippen LogP contribution in [0.25, 0.3) is 11.1 Å². The molecule has 0 spiro atoms. The predicted molar refractivity (Wildman–Crippen MR) is 127 cm³/mol. The zero-order valence-electron chi connectivity index (χ0n) is 18.2. The zero-order valence-corrected chi connectivity index (χ0v) is 19.0. The first-order chi connectivity index (χ1) is 15.1. The molecule has 0 radical (unpaired) electrons. The van der Waals surface area contributed by atoms with Crippen molar-refractivity contribution in [3.63, 3.8) is 0 Å². The lowest BCUT2D eigenvalue weighted by Crippen LogP contribution is -2.01. The maximum atomic E-state index is 11.1. The number of ether oxygens (including phenoxy) is 1. The van der Waals surface area contributed by atoms with Gasteiger partial charge in [-0.3, -0.25) is 9.48 Å². The highest BCUT2D eigenvalue weighted by atomic mass is 32.2. The first-order valence-electron chi connectivity index (χ1n) is 10.5.